The first-order chi connectivity index (χ1) is 5.74. The summed E-state index contributed by atoms with van der Waals surface area (Å²) in [4.78, 5) is 12.5. The molecule has 1 heterocycles. The van der Waals surface area contributed by atoms with Gasteiger partial charge in [0.1, 0.15) is 6.17 Å². The molecule has 0 aromatic heterocycles. The van der Waals surface area contributed by atoms with Gasteiger partial charge in [0.25, 0.3) is 0 Å². The summed E-state index contributed by atoms with van der Waals surface area (Å²) in [6.45, 7) is 2.92. The number of amides is 1. The zero-order valence-electron chi connectivity index (χ0n) is 7.25. The van der Waals surface area contributed by atoms with Crippen molar-refractivity contribution in [1.82, 2.24) is 4.90 Å². The van der Waals surface area contributed by atoms with Crippen LogP contribution in [0.4, 0.5) is 9.18 Å². The van der Waals surface area contributed by atoms with E-state index in [9.17, 15) is 9.18 Å². The van der Waals surface area contributed by atoms with Gasteiger partial charge < -0.3 is 9.64 Å². The number of hydrogen-bond donors (Lipinski definition) is 0. The van der Waals surface area contributed by atoms with Gasteiger partial charge in [0, 0.05) is 6.54 Å². The summed E-state index contributed by atoms with van der Waals surface area (Å²) >= 11 is 0. The van der Waals surface area contributed by atoms with Gasteiger partial charge in [-0.2, -0.15) is 0 Å². The summed E-state index contributed by atoms with van der Waals surface area (Å²) in [5, 5.41) is 0. The Morgan fingerprint density at radius 2 is 2.50 bits per heavy atom. The fraction of sp³-hybridized carbons (Fsp3) is 0.875. The van der Waals surface area contributed by atoms with Gasteiger partial charge in [0.05, 0.1) is 13.2 Å². The quantitative estimate of drug-likeness (QED) is 0.605. The first-order valence-corrected chi connectivity index (χ1v) is 4.29. The van der Waals surface area contributed by atoms with E-state index in [4.69, 9.17) is 4.74 Å². The molecule has 0 spiro atoms. The van der Waals surface area contributed by atoms with Crippen molar-refractivity contribution in [3.05, 3.63) is 0 Å². The van der Waals surface area contributed by atoms with E-state index in [0.29, 0.717) is 19.6 Å². The van der Waals surface area contributed by atoms with E-state index in [-0.39, 0.29) is 12.6 Å². The van der Waals surface area contributed by atoms with Gasteiger partial charge in [-0.1, -0.05) is 0 Å². The second-order valence-corrected chi connectivity index (χ2v) is 2.88. The number of hydrogen-bond acceptors (Lipinski definition) is 2. The first kappa shape index (κ1) is 9.29. The highest BCUT2D eigenvalue weighted by Crippen LogP contribution is 2.13. The second kappa shape index (κ2) is 4.28. The number of alkyl halides is 1. The van der Waals surface area contributed by atoms with E-state index in [2.05, 4.69) is 0 Å². The first-order valence-electron chi connectivity index (χ1n) is 4.29. The molecule has 0 radical (unpaired) electrons. The Bertz CT molecular complexity index is 163. The molecule has 0 aromatic rings. The van der Waals surface area contributed by atoms with Crippen molar-refractivity contribution in [3.8, 4) is 0 Å². The summed E-state index contributed by atoms with van der Waals surface area (Å²) in [5.41, 5.74) is 0. The number of ether oxygens (including phenoxy) is 1. The molecule has 12 heavy (non-hydrogen) atoms. The van der Waals surface area contributed by atoms with Gasteiger partial charge in [-0.3, -0.25) is 0 Å². The maximum atomic E-state index is 12.8. The lowest BCUT2D eigenvalue weighted by Crippen LogP contribution is -2.41. The van der Waals surface area contributed by atoms with Crippen LogP contribution in [0.2, 0.25) is 0 Å². The monoisotopic (exact) mass is 175 g/mol. The number of halogens is 1. The maximum Gasteiger partial charge on any atom is 0.409 e. The number of carbonyl (C=O) groups is 1. The van der Waals surface area contributed by atoms with Gasteiger partial charge >= 0.3 is 6.09 Å². The molecule has 70 valence electrons. The third-order valence-electron chi connectivity index (χ3n) is 1.89. The zero-order chi connectivity index (χ0) is 8.97. The largest absolute Gasteiger partial charge is 0.450 e. The molecule has 0 aromatic carbocycles. The van der Waals surface area contributed by atoms with Crippen LogP contribution in [0.3, 0.4) is 0 Å². The zero-order valence-corrected chi connectivity index (χ0v) is 7.25. The number of rotatable bonds is 1. The fourth-order valence-corrected chi connectivity index (χ4v) is 1.31. The molecule has 1 amide bonds. The number of piperidine rings is 1. The Hall–Kier alpha value is -0.800. The average molecular weight is 175 g/mol. The molecule has 0 aliphatic carbocycles. The van der Waals surface area contributed by atoms with Crippen LogP contribution in [-0.4, -0.2) is 36.9 Å². The van der Waals surface area contributed by atoms with Crippen molar-refractivity contribution < 1.29 is 13.9 Å². The van der Waals surface area contributed by atoms with E-state index >= 15 is 0 Å². The van der Waals surface area contributed by atoms with Crippen LogP contribution in [0.25, 0.3) is 0 Å². The molecule has 0 saturated carbocycles. The Morgan fingerprint density at radius 3 is 3.08 bits per heavy atom. The maximum absolute atomic E-state index is 12.8. The lowest BCUT2D eigenvalue weighted by Gasteiger charge is -2.27. The van der Waals surface area contributed by atoms with E-state index in [1.165, 1.54) is 4.90 Å². The molecule has 1 atom stereocenters. The van der Waals surface area contributed by atoms with Crippen molar-refractivity contribution in [2.24, 2.45) is 0 Å². The molecule has 4 heteroatoms. The average Bonchev–Trinajstić information content (AvgIpc) is 2.05. The Labute approximate surface area is 71.5 Å². The summed E-state index contributed by atoms with van der Waals surface area (Å²) in [7, 11) is 0. The van der Waals surface area contributed by atoms with E-state index in [1.54, 1.807) is 6.92 Å². The highest BCUT2D eigenvalue weighted by atomic mass is 19.1. The predicted molar refractivity (Wildman–Crippen MR) is 42.7 cm³/mol. The normalized spacial score (nSPS) is 23.8. The lowest BCUT2D eigenvalue weighted by atomic mass is 10.1. The van der Waals surface area contributed by atoms with Crippen molar-refractivity contribution in [2.45, 2.75) is 25.9 Å². The van der Waals surface area contributed by atoms with Gasteiger partial charge in [0.15, 0.2) is 0 Å². The van der Waals surface area contributed by atoms with Crippen LogP contribution >= 0.6 is 0 Å². The molecular formula is C8H14FNO2. The summed E-state index contributed by atoms with van der Waals surface area (Å²) in [6, 6.07) is 0. The molecule has 1 aliphatic heterocycles. The molecule has 0 N–H and O–H groups in total. The summed E-state index contributed by atoms with van der Waals surface area (Å²) < 4.78 is 17.5. The van der Waals surface area contributed by atoms with Crippen LogP contribution in [0.5, 0.6) is 0 Å². The topological polar surface area (TPSA) is 29.5 Å². The third-order valence-corrected chi connectivity index (χ3v) is 1.89. The standard InChI is InChI=1S/C8H14FNO2/c1-2-12-8(11)10-5-3-4-7(9)6-10/h7H,2-6H2,1H3. The molecule has 3 nitrogen and oxygen atoms in total. The molecule has 0 bridgehead atoms. The van der Waals surface area contributed by atoms with Crippen molar-refractivity contribution >= 4 is 6.09 Å². The van der Waals surface area contributed by atoms with Crippen molar-refractivity contribution in [2.75, 3.05) is 19.7 Å². The second-order valence-electron chi connectivity index (χ2n) is 2.88. The molecule has 1 aliphatic rings. The number of likely N-dealkylation sites (tertiary alicyclic amines) is 1. The minimum Gasteiger partial charge on any atom is -0.450 e. The van der Waals surface area contributed by atoms with Crippen LogP contribution in [-0.2, 0) is 4.74 Å². The van der Waals surface area contributed by atoms with Gasteiger partial charge in [-0.05, 0) is 19.8 Å². The third kappa shape index (κ3) is 2.36. The Balaban J connectivity index is 2.35. The SMILES string of the molecule is CCOC(=O)N1CCCC(F)C1. The smallest absolute Gasteiger partial charge is 0.409 e. The fourth-order valence-electron chi connectivity index (χ4n) is 1.31. The van der Waals surface area contributed by atoms with Crippen LogP contribution < -0.4 is 0 Å². The van der Waals surface area contributed by atoms with Gasteiger partial charge in [0.2, 0.25) is 0 Å². The van der Waals surface area contributed by atoms with Gasteiger partial charge in [-0.25, -0.2) is 9.18 Å². The Kier molecular flexibility index (Phi) is 3.31. The van der Waals surface area contributed by atoms with Crippen LogP contribution in [0, 0.1) is 0 Å². The van der Waals surface area contributed by atoms with Crippen molar-refractivity contribution in [1.29, 1.82) is 0 Å². The van der Waals surface area contributed by atoms with E-state index in [1.807, 2.05) is 0 Å². The molecule has 1 saturated heterocycles. The summed E-state index contributed by atoms with van der Waals surface area (Å²) in [6.07, 6.45) is 0.0404. The lowest BCUT2D eigenvalue weighted by molar-refractivity contribution is 0.0800. The molecule has 1 rings (SSSR count). The molecule has 1 unspecified atom stereocenters. The number of nitrogens with zero attached hydrogens (tertiary/aromatic N) is 1. The molecule has 1 fully saturated rings. The minimum absolute atomic E-state index is 0.193. The number of carbonyl (C=O) groups excluding carboxylic acids is 1. The Morgan fingerprint density at radius 1 is 1.75 bits per heavy atom. The van der Waals surface area contributed by atoms with Crippen LogP contribution in [0.15, 0.2) is 0 Å². The van der Waals surface area contributed by atoms with Gasteiger partial charge in [-0.15, -0.1) is 0 Å². The van der Waals surface area contributed by atoms with Crippen LogP contribution in [0.1, 0.15) is 19.8 Å². The van der Waals surface area contributed by atoms with E-state index in [0.717, 1.165) is 6.42 Å². The van der Waals surface area contributed by atoms with E-state index < -0.39 is 6.17 Å². The highest BCUT2D eigenvalue weighted by molar-refractivity contribution is 5.67. The summed E-state index contributed by atoms with van der Waals surface area (Å²) in [5.74, 6) is 0. The predicted octanol–water partition coefficient (Wildman–Crippen LogP) is 1.58. The highest BCUT2D eigenvalue weighted by Gasteiger charge is 2.23. The molecular weight excluding hydrogens is 161 g/mol. The minimum atomic E-state index is -0.872. The van der Waals surface area contributed by atoms with Crippen molar-refractivity contribution in [3.63, 3.8) is 0 Å².